The summed E-state index contributed by atoms with van der Waals surface area (Å²) in [6.07, 6.45) is -0.105. The monoisotopic (exact) mass is 446 g/mol. The van der Waals surface area contributed by atoms with Crippen molar-refractivity contribution in [3.8, 4) is 0 Å². The summed E-state index contributed by atoms with van der Waals surface area (Å²) in [5, 5.41) is 14.2. The molecule has 3 rings (SSSR count). The van der Waals surface area contributed by atoms with Gasteiger partial charge in [0.15, 0.2) is 6.10 Å². The fourth-order valence-corrected chi connectivity index (χ4v) is 3.72. The molecule has 3 atom stereocenters. The molecule has 28 heavy (non-hydrogen) atoms. The van der Waals surface area contributed by atoms with Gasteiger partial charge in [-0.2, -0.15) is 0 Å². The topological polar surface area (TPSA) is 78.9 Å². The quantitative estimate of drug-likeness (QED) is 0.666. The third kappa shape index (κ3) is 4.54. The molecular weight excluding hydrogens is 424 g/mol. The molecular formula is C21H23BrN2O4. The molecule has 0 radical (unpaired) electrons. The summed E-state index contributed by atoms with van der Waals surface area (Å²) >= 11 is 3.40. The second kappa shape index (κ2) is 9.21. The van der Waals surface area contributed by atoms with E-state index in [0.717, 1.165) is 15.7 Å². The molecule has 148 valence electrons. The summed E-state index contributed by atoms with van der Waals surface area (Å²) < 4.78 is 5.75. The van der Waals surface area contributed by atoms with E-state index < -0.39 is 30.1 Å². The molecule has 0 saturated carbocycles. The van der Waals surface area contributed by atoms with Crippen molar-refractivity contribution >= 4 is 33.5 Å². The molecule has 1 saturated heterocycles. The molecule has 6 nitrogen and oxygen atoms in total. The number of aliphatic hydroxyl groups is 1. The molecule has 2 aromatic carbocycles. The lowest BCUT2D eigenvalue weighted by atomic mass is 9.99. The summed E-state index contributed by atoms with van der Waals surface area (Å²) in [6, 6.07) is 15.5. The number of aliphatic hydroxyl groups excluding tert-OH is 1. The van der Waals surface area contributed by atoms with E-state index in [2.05, 4.69) is 21.2 Å². The molecule has 0 spiro atoms. The minimum Gasteiger partial charge on any atom is -0.467 e. The van der Waals surface area contributed by atoms with Gasteiger partial charge in [0.1, 0.15) is 6.04 Å². The number of carbonyl (C=O) groups excluding carboxylic acids is 2. The third-order valence-electron chi connectivity index (χ3n) is 4.90. The first-order valence-electron chi connectivity index (χ1n) is 9.14. The Bertz CT molecular complexity index is 813. The number of amides is 1. The van der Waals surface area contributed by atoms with Crippen molar-refractivity contribution in [2.24, 2.45) is 0 Å². The number of carbonyl (C=O) groups is 2. The molecule has 1 aliphatic rings. The van der Waals surface area contributed by atoms with E-state index in [1.165, 1.54) is 12.0 Å². The van der Waals surface area contributed by atoms with Gasteiger partial charge in [0.05, 0.1) is 13.2 Å². The molecule has 0 unspecified atom stereocenters. The third-order valence-corrected chi connectivity index (χ3v) is 5.43. The van der Waals surface area contributed by atoms with Gasteiger partial charge in [0.2, 0.25) is 0 Å². The largest absolute Gasteiger partial charge is 0.467 e. The molecule has 0 aliphatic carbocycles. The molecule has 1 amide bonds. The van der Waals surface area contributed by atoms with Crippen LogP contribution in [0.4, 0.5) is 5.69 Å². The maximum atomic E-state index is 13.1. The van der Waals surface area contributed by atoms with E-state index in [1.807, 2.05) is 54.6 Å². The van der Waals surface area contributed by atoms with Crippen molar-refractivity contribution in [2.45, 2.75) is 31.0 Å². The van der Waals surface area contributed by atoms with Gasteiger partial charge in [0.25, 0.3) is 5.91 Å². The number of nitrogens with one attached hydrogen (secondary N) is 1. The van der Waals surface area contributed by atoms with E-state index in [-0.39, 0.29) is 0 Å². The van der Waals surface area contributed by atoms with E-state index >= 15 is 0 Å². The van der Waals surface area contributed by atoms with Crippen molar-refractivity contribution in [3.05, 3.63) is 64.6 Å². The number of esters is 1. The number of hydrogen-bond acceptors (Lipinski definition) is 5. The van der Waals surface area contributed by atoms with E-state index in [1.54, 1.807) is 0 Å². The maximum Gasteiger partial charge on any atom is 0.328 e. The first kappa shape index (κ1) is 20.4. The lowest BCUT2D eigenvalue weighted by Gasteiger charge is -2.30. The second-order valence-corrected chi connectivity index (χ2v) is 7.61. The number of methoxy groups -OCH3 is 1. The predicted octanol–water partition coefficient (Wildman–Crippen LogP) is 3.13. The number of anilines is 1. The van der Waals surface area contributed by atoms with Crippen LogP contribution >= 0.6 is 15.9 Å². The van der Waals surface area contributed by atoms with Crippen LogP contribution in [-0.4, -0.2) is 47.7 Å². The lowest BCUT2D eigenvalue weighted by molar-refractivity contribution is -0.154. The zero-order valence-corrected chi connectivity index (χ0v) is 17.1. The van der Waals surface area contributed by atoms with Gasteiger partial charge < -0.3 is 20.1 Å². The van der Waals surface area contributed by atoms with Gasteiger partial charge in [0, 0.05) is 16.7 Å². The number of benzene rings is 2. The van der Waals surface area contributed by atoms with Crippen LogP contribution in [0.3, 0.4) is 0 Å². The molecule has 1 fully saturated rings. The van der Waals surface area contributed by atoms with Crippen LogP contribution in [-0.2, 0) is 14.3 Å². The molecule has 1 heterocycles. The minimum atomic E-state index is -1.35. The molecule has 2 N–H and O–H groups in total. The molecule has 0 aromatic heterocycles. The Hall–Kier alpha value is -2.38. The average Bonchev–Trinajstić information content (AvgIpc) is 3.22. The Morgan fingerprint density at radius 1 is 1.18 bits per heavy atom. The summed E-state index contributed by atoms with van der Waals surface area (Å²) in [5.41, 5.74) is 1.55. The first-order chi connectivity index (χ1) is 13.5. The number of hydrogen-bond donors (Lipinski definition) is 2. The van der Waals surface area contributed by atoms with E-state index in [4.69, 9.17) is 4.74 Å². The van der Waals surface area contributed by atoms with Crippen LogP contribution in [0.2, 0.25) is 0 Å². The Kier molecular flexibility index (Phi) is 6.70. The first-order valence-corrected chi connectivity index (χ1v) is 9.94. The summed E-state index contributed by atoms with van der Waals surface area (Å²) in [7, 11) is 1.31. The summed E-state index contributed by atoms with van der Waals surface area (Å²) in [5.74, 6) is -0.929. The van der Waals surface area contributed by atoms with Crippen molar-refractivity contribution in [3.63, 3.8) is 0 Å². The van der Waals surface area contributed by atoms with Crippen LogP contribution in [0, 0.1) is 0 Å². The van der Waals surface area contributed by atoms with Crippen LogP contribution in [0.1, 0.15) is 24.4 Å². The Labute approximate surface area is 172 Å². The van der Waals surface area contributed by atoms with Gasteiger partial charge in [-0.05, 0) is 42.7 Å². The number of nitrogens with zero attached hydrogens (tertiary/aromatic N) is 1. The van der Waals surface area contributed by atoms with Crippen LogP contribution < -0.4 is 5.32 Å². The minimum absolute atomic E-state index is 0.426. The normalized spacial score (nSPS) is 18.4. The van der Waals surface area contributed by atoms with Crippen molar-refractivity contribution in [1.82, 2.24) is 4.90 Å². The zero-order chi connectivity index (χ0) is 20.1. The standard InChI is InChI=1S/C21H23BrN2O4/c1-28-21(27)17-8-5-13-24(17)20(26)19(25)18(14-6-3-2-4-7-14)23-16-11-9-15(22)10-12-16/h2-4,6-7,9-12,17-19,23,25H,5,8,13H2,1H3/t17-,18-,19-/m1/s1. The number of likely N-dealkylation sites (tertiary alicyclic amines) is 1. The average molecular weight is 447 g/mol. The Morgan fingerprint density at radius 2 is 1.86 bits per heavy atom. The highest BCUT2D eigenvalue weighted by molar-refractivity contribution is 9.10. The van der Waals surface area contributed by atoms with Gasteiger partial charge in [-0.25, -0.2) is 4.79 Å². The smallest absolute Gasteiger partial charge is 0.328 e. The van der Waals surface area contributed by atoms with Crippen molar-refractivity contribution < 1.29 is 19.4 Å². The molecule has 0 bridgehead atoms. The summed E-state index contributed by atoms with van der Waals surface area (Å²) in [4.78, 5) is 26.5. The highest BCUT2D eigenvalue weighted by Gasteiger charge is 2.40. The van der Waals surface area contributed by atoms with E-state index in [0.29, 0.717) is 19.4 Å². The number of ether oxygens (including phenoxy) is 1. The lowest BCUT2D eigenvalue weighted by Crippen LogP contribution is -2.48. The zero-order valence-electron chi connectivity index (χ0n) is 15.5. The molecule has 1 aliphatic heterocycles. The number of halogens is 1. The molecule has 7 heteroatoms. The van der Waals surface area contributed by atoms with Gasteiger partial charge >= 0.3 is 5.97 Å². The Morgan fingerprint density at radius 3 is 2.50 bits per heavy atom. The van der Waals surface area contributed by atoms with Crippen molar-refractivity contribution in [1.29, 1.82) is 0 Å². The van der Waals surface area contributed by atoms with Gasteiger partial charge in [-0.1, -0.05) is 46.3 Å². The fraction of sp³-hybridized carbons (Fsp3) is 0.333. The Balaban J connectivity index is 1.85. The van der Waals surface area contributed by atoms with Gasteiger partial charge in [-0.15, -0.1) is 0 Å². The van der Waals surface area contributed by atoms with E-state index in [9.17, 15) is 14.7 Å². The maximum absolute atomic E-state index is 13.1. The van der Waals surface area contributed by atoms with Crippen LogP contribution in [0.15, 0.2) is 59.1 Å². The predicted molar refractivity (Wildman–Crippen MR) is 110 cm³/mol. The highest BCUT2D eigenvalue weighted by atomic mass is 79.9. The summed E-state index contributed by atoms with van der Waals surface area (Å²) in [6.45, 7) is 0.426. The SMILES string of the molecule is COC(=O)[C@H]1CCCN1C(=O)[C@H](O)[C@H](Nc1ccc(Br)cc1)c1ccccc1. The highest BCUT2D eigenvalue weighted by Crippen LogP contribution is 2.27. The van der Waals surface area contributed by atoms with Crippen LogP contribution in [0.25, 0.3) is 0 Å². The number of rotatable bonds is 6. The molecule has 2 aromatic rings. The second-order valence-electron chi connectivity index (χ2n) is 6.70. The van der Waals surface area contributed by atoms with Gasteiger partial charge in [-0.3, -0.25) is 4.79 Å². The van der Waals surface area contributed by atoms with Crippen molar-refractivity contribution in [2.75, 3.05) is 19.0 Å². The van der Waals surface area contributed by atoms with Crippen LogP contribution in [0.5, 0.6) is 0 Å². The fourth-order valence-electron chi connectivity index (χ4n) is 3.45.